The van der Waals surface area contributed by atoms with Crippen molar-refractivity contribution in [3.8, 4) is 0 Å². The van der Waals surface area contributed by atoms with E-state index in [0.717, 1.165) is 22.7 Å². The molecule has 0 saturated carbocycles. The van der Waals surface area contributed by atoms with Crippen molar-refractivity contribution in [2.75, 3.05) is 5.32 Å². The third-order valence-electron chi connectivity index (χ3n) is 4.12. The van der Waals surface area contributed by atoms with Crippen LogP contribution in [0.25, 0.3) is 11.0 Å². The Morgan fingerprint density at radius 1 is 1.19 bits per heavy atom. The summed E-state index contributed by atoms with van der Waals surface area (Å²) in [7, 11) is 0. The van der Waals surface area contributed by atoms with E-state index < -0.39 is 0 Å². The summed E-state index contributed by atoms with van der Waals surface area (Å²) in [6.07, 6.45) is 0. The number of ketones is 1. The Morgan fingerprint density at radius 3 is 2.69 bits per heavy atom. The van der Waals surface area contributed by atoms with E-state index in [0.29, 0.717) is 11.3 Å². The Balaban J connectivity index is 1.75. The molecule has 0 fully saturated rings. The minimum atomic E-state index is -0.321. The molecule has 2 aromatic carbocycles. The Kier molecular flexibility index (Phi) is 5.42. The highest BCUT2D eigenvalue weighted by molar-refractivity contribution is 8.00. The van der Waals surface area contributed by atoms with E-state index in [9.17, 15) is 9.59 Å². The van der Waals surface area contributed by atoms with Crippen LogP contribution >= 0.6 is 11.8 Å². The van der Waals surface area contributed by atoms with Gasteiger partial charge in [0.1, 0.15) is 0 Å². The van der Waals surface area contributed by atoms with Crippen molar-refractivity contribution < 1.29 is 9.59 Å². The molecule has 26 heavy (non-hydrogen) atoms. The number of anilines is 1. The molecule has 0 aliphatic carbocycles. The number of aromatic nitrogens is 2. The number of imidazole rings is 1. The van der Waals surface area contributed by atoms with Gasteiger partial charge in [0.05, 0.1) is 16.3 Å². The van der Waals surface area contributed by atoms with Gasteiger partial charge in [0, 0.05) is 17.8 Å². The van der Waals surface area contributed by atoms with Gasteiger partial charge in [-0.05, 0) is 45.0 Å². The molecule has 3 rings (SSSR count). The van der Waals surface area contributed by atoms with Gasteiger partial charge in [0.15, 0.2) is 10.9 Å². The fraction of sp³-hybridized carbons (Fsp3) is 0.250. The van der Waals surface area contributed by atoms with Crippen LogP contribution in [-0.4, -0.2) is 26.5 Å². The Labute approximate surface area is 156 Å². The highest BCUT2D eigenvalue weighted by atomic mass is 32.2. The number of benzene rings is 2. The summed E-state index contributed by atoms with van der Waals surface area (Å²) in [5.41, 5.74) is 3.20. The van der Waals surface area contributed by atoms with Crippen molar-refractivity contribution in [2.45, 2.75) is 37.7 Å². The van der Waals surface area contributed by atoms with Crippen LogP contribution in [0.3, 0.4) is 0 Å². The third-order valence-corrected chi connectivity index (χ3v) is 5.21. The third kappa shape index (κ3) is 3.80. The van der Waals surface area contributed by atoms with Crippen LogP contribution in [0.15, 0.2) is 53.7 Å². The van der Waals surface area contributed by atoms with Crippen LogP contribution in [0.2, 0.25) is 0 Å². The van der Waals surface area contributed by atoms with Crippen LogP contribution in [0.5, 0.6) is 0 Å². The fourth-order valence-electron chi connectivity index (χ4n) is 2.72. The van der Waals surface area contributed by atoms with E-state index in [-0.39, 0.29) is 16.9 Å². The normalized spacial score (nSPS) is 12.1. The number of thioether (sulfide) groups is 1. The van der Waals surface area contributed by atoms with E-state index in [1.807, 2.05) is 31.2 Å². The molecule has 0 aliphatic rings. The smallest absolute Gasteiger partial charge is 0.237 e. The van der Waals surface area contributed by atoms with E-state index >= 15 is 0 Å². The monoisotopic (exact) mass is 367 g/mol. The average molecular weight is 367 g/mol. The van der Waals surface area contributed by atoms with E-state index in [1.54, 1.807) is 24.3 Å². The molecule has 0 spiro atoms. The lowest BCUT2D eigenvalue weighted by molar-refractivity contribution is -0.115. The first-order chi connectivity index (χ1) is 12.5. The lowest BCUT2D eigenvalue weighted by Crippen LogP contribution is -2.23. The van der Waals surface area contributed by atoms with Crippen LogP contribution in [0, 0.1) is 0 Å². The maximum absolute atomic E-state index is 12.6. The molecule has 0 aliphatic heterocycles. The fourth-order valence-corrected chi connectivity index (χ4v) is 3.71. The summed E-state index contributed by atoms with van der Waals surface area (Å²) in [4.78, 5) is 28.7. The topological polar surface area (TPSA) is 64.0 Å². The molecule has 134 valence electrons. The summed E-state index contributed by atoms with van der Waals surface area (Å²) in [5, 5.41) is 3.39. The number of carbonyl (C=O) groups is 2. The molecule has 6 heteroatoms. The summed E-state index contributed by atoms with van der Waals surface area (Å²) in [6, 6.07) is 14.9. The number of nitrogens with one attached hydrogen (secondary N) is 1. The van der Waals surface area contributed by atoms with Gasteiger partial charge in [-0.25, -0.2) is 4.98 Å². The van der Waals surface area contributed by atoms with E-state index in [4.69, 9.17) is 0 Å². The van der Waals surface area contributed by atoms with Crippen molar-refractivity contribution in [3.63, 3.8) is 0 Å². The van der Waals surface area contributed by atoms with Crippen molar-refractivity contribution in [3.05, 3.63) is 54.1 Å². The maximum Gasteiger partial charge on any atom is 0.237 e. The van der Waals surface area contributed by atoms with Crippen LogP contribution in [0.1, 0.15) is 31.1 Å². The lowest BCUT2D eigenvalue weighted by atomic mass is 10.1. The van der Waals surface area contributed by atoms with Gasteiger partial charge < -0.3 is 9.88 Å². The number of nitrogens with zero attached hydrogens (tertiary/aromatic N) is 2. The number of hydrogen-bond donors (Lipinski definition) is 1. The molecule has 1 N–H and O–H groups in total. The predicted octanol–water partition coefficient (Wildman–Crippen LogP) is 4.38. The van der Waals surface area contributed by atoms with E-state index in [1.165, 1.54) is 18.7 Å². The second-order valence-corrected chi connectivity index (χ2v) is 7.32. The highest BCUT2D eigenvalue weighted by Gasteiger charge is 2.19. The summed E-state index contributed by atoms with van der Waals surface area (Å²) in [5.74, 6) is -0.148. The van der Waals surface area contributed by atoms with Gasteiger partial charge in [-0.15, -0.1) is 0 Å². The number of para-hydroxylation sites is 2. The number of hydrogen-bond acceptors (Lipinski definition) is 4. The number of aryl methyl sites for hydroxylation is 1. The first-order valence-corrected chi connectivity index (χ1v) is 9.41. The zero-order chi connectivity index (χ0) is 18.7. The van der Waals surface area contributed by atoms with Gasteiger partial charge in [0.25, 0.3) is 0 Å². The van der Waals surface area contributed by atoms with Crippen molar-refractivity contribution in [2.24, 2.45) is 0 Å². The molecule has 1 aromatic heterocycles. The molecule has 0 unspecified atom stereocenters. The number of rotatable bonds is 6. The molecular formula is C20H21N3O2S. The number of carbonyl (C=O) groups excluding carboxylic acids is 2. The van der Waals surface area contributed by atoms with Crippen molar-refractivity contribution in [1.82, 2.24) is 9.55 Å². The summed E-state index contributed by atoms with van der Waals surface area (Å²) < 4.78 is 2.11. The Morgan fingerprint density at radius 2 is 1.96 bits per heavy atom. The lowest BCUT2D eigenvalue weighted by Gasteiger charge is -2.13. The molecular weight excluding hydrogens is 346 g/mol. The quantitative estimate of drug-likeness (QED) is 0.519. The number of amides is 1. The Hall–Kier alpha value is -2.60. The highest BCUT2D eigenvalue weighted by Crippen LogP contribution is 2.28. The average Bonchev–Trinajstić information content (AvgIpc) is 2.98. The predicted molar refractivity (Wildman–Crippen MR) is 106 cm³/mol. The van der Waals surface area contributed by atoms with Crippen LogP contribution in [-0.2, 0) is 11.3 Å². The molecule has 1 amide bonds. The molecule has 0 saturated heterocycles. The van der Waals surface area contributed by atoms with Gasteiger partial charge >= 0.3 is 0 Å². The number of fused-ring (bicyclic) bond motifs is 1. The molecule has 1 atom stereocenters. The number of Topliss-reactive ketones (excluding diaryl/α,β-unsaturated/α-hetero) is 1. The Bertz CT molecular complexity index is 965. The minimum absolute atomic E-state index is 0.0276. The summed E-state index contributed by atoms with van der Waals surface area (Å²) >= 11 is 1.43. The summed E-state index contributed by atoms with van der Waals surface area (Å²) in [6.45, 7) is 6.22. The van der Waals surface area contributed by atoms with Gasteiger partial charge in [0.2, 0.25) is 5.91 Å². The second kappa shape index (κ2) is 7.74. The van der Waals surface area contributed by atoms with Crippen molar-refractivity contribution in [1.29, 1.82) is 0 Å². The molecule has 5 nitrogen and oxygen atoms in total. The first kappa shape index (κ1) is 18.2. The largest absolute Gasteiger partial charge is 0.325 e. The zero-order valence-corrected chi connectivity index (χ0v) is 15.8. The standard InChI is InChI=1S/C20H21N3O2S/c1-4-23-18-11-6-5-10-17(18)22-20(23)26-14(3)19(25)21-16-9-7-8-15(12-16)13(2)24/h5-12,14H,4H2,1-3H3,(H,21,25)/t14-/m0/s1. The van der Waals surface area contributed by atoms with Gasteiger partial charge in [-0.3, -0.25) is 9.59 Å². The van der Waals surface area contributed by atoms with Crippen molar-refractivity contribution >= 4 is 40.2 Å². The first-order valence-electron chi connectivity index (χ1n) is 8.53. The molecule has 3 aromatic rings. The second-order valence-electron chi connectivity index (χ2n) is 6.01. The molecule has 0 bridgehead atoms. The van der Waals surface area contributed by atoms with E-state index in [2.05, 4.69) is 21.8 Å². The maximum atomic E-state index is 12.6. The van der Waals surface area contributed by atoms with Crippen LogP contribution in [0.4, 0.5) is 5.69 Å². The van der Waals surface area contributed by atoms with Gasteiger partial charge in [-0.2, -0.15) is 0 Å². The van der Waals surface area contributed by atoms with Gasteiger partial charge in [-0.1, -0.05) is 36.0 Å². The molecule has 0 radical (unpaired) electrons. The SMILES string of the molecule is CCn1c(S[C@@H](C)C(=O)Nc2cccc(C(C)=O)c2)nc2ccccc21. The minimum Gasteiger partial charge on any atom is -0.325 e. The van der Waals surface area contributed by atoms with Crippen LogP contribution < -0.4 is 5.32 Å². The zero-order valence-electron chi connectivity index (χ0n) is 15.0. The molecule has 1 heterocycles.